The van der Waals surface area contributed by atoms with E-state index in [1.165, 1.54) is 17.9 Å². The lowest BCUT2D eigenvalue weighted by molar-refractivity contribution is 0.746. The Kier molecular flexibility index (Phi) is 3.39. The average molecular weight is 272 g/mol. The Balaban J connectivity index is 2.01. The molecule has 76 valence electrons. The topological polar surface area (TPSA) is 12.0 Å². The first-order valence-electron chi connectivity index (χ1n) is 4.88. The molecule has 0 radical (unpaired) electrons. The molecule has 1 heterocycles. The van der Waals surface area contributed by atoms with Crippen molar-refractivity contribution in [2.45, 2.75) is 24.6 Å². The molecular weight excluding hydrogens is 258 g/mol. The van der Waals surface area contributed by atoms with Gasteiger partial charge in [-0.1, -0.05) is 19.1 Å². The molecule has 1 nitrogen and oxygen atoms in total. The average Bonchev–Trinajstić information content (AvgIpc) is 2.56. The summed E-state index contributed by atoms with van der Waals surface area (Å²) < 4.78 is 1.16. The van der Waals surface area contributed by atoms with Gasteiger partial charge in [-0.05, 0) is 34.5 Å². The fourth-order valence-electron chi connectivity index (χ4n) is 1.72. The standard InChI is InChI=1S/C11H14BrNS/c1-8-6-9(7-14-8)13-11-5-3-2-4-10(11)12/h2-5,8-9,13H,6-7H2,1H3. The maximum atomic E-state index is 3.57. The SMILES string of the molecule is CC1CC(Nc2ccccc2Br)CS1. The molecule has 2 rings (SSSR count). The normalized spacial score (nSPS) is 26.4. The van der Waals surface area contributed by atoms with Crippen LogP contribution in [0.15, 0.2) is 28.7 Å². The lowest BCUT2D eigenvalue weighted by Crippen LogP contribution is -2.19. The first kappa shape index (κ1) is 10.4. The summed E-state index contributed by atoms with van der Waals surface area (Å²) in [6.07, 6.45) is 1.27. The zero-order valence-electron chi connectivity index (χ0n) is 8.16. The molecule has 1 aliphatic rings. The monoisotopic (exact) mass is 271 g/mol. The van der Waals surface area contributed by atoms with Crippen LogP contribution in [-0.2, 0) is 0 Å². The van der Waals surface area contributed by atoms with E-state index < -0.39 is 0 Å². The highest BCUT2D eigenvalue weighted by molar-refractivity contribution is 9.10. The zero-order valence-corrected chi connectivity index (χ0v) is 10.6. The molecule has 0 amide bonds. The molecule has 0 spiro atoms. The molecule has 2 unspecified atom stereocenters. The van der Waals surface area contributed by atoms with Crippen LogP contribution in [0.3, 0.4) is 0 Å². The Morgan fingerprint density at radius 2 is 2.21 bits per heavy atom. The first-order valence-corrected chi connectivity index (χ1v) is 6.72. The Labute approximate surface area is 97.8 Å². The Morgan fingerprint density at radius 1 is 1.43 bits per heavy atom. The van der Waals surface area contributed by atoms with Crippen molar-refractivity contribution >= 4 is 33.4 Å². The minimum Gasteiger partial charge on any atom is -0.381 e. The van der Waals surface area contributed by atoms with Crippen molar-refractivity contribution in [3.8, 4) is 0 Å². The smallest absolute Gasteiger partial charge is 0.0487 e. The number of hydrogen-bond donors (Lipinski definition) is 1. The van der Waals surface area contributed by atoms with Crippen LogP contribution in [0.1, 0.15) is 13.3 Å². The molecule has 0 aliphatic carbocycles. The van der Waals surface area contributed by atoms with E-state index in [0.717, 1.165) is 9.72 Å². The Morgan fingerprint density at radius 3 is 2.86 bits per heavy atom. The van der Waals surface area contributed by atoms with Crippen LogP contribution in [0.5, 0.6) is 0 Å². The van der Waals surface area contributed by atoms with Crippen LogP contribution in [0.4, 0.5) is 5.69 Å². The van der Waals surface area contributed by atoms with Crippen LogP contribution in [0, 0.1) is 0 Å². The number of para-hydroxylation sites is 1. The van der Waals surface area contributed by atoms with E-state index in [2.05, 4.69) is 58.1 Å². The molecule has 0 aromatic heterocycles. The number of anilines is 1. The van der Waals surface area contributed by atoms with Crippen LogP contribution in [0.2, 0.25) is 0 Å². The molecule has 1 fully saturated rings. The predicted molar refractivity (Wildman–Crippen MR) is 68.1 cm³/mol. The number of thioether (sulfide) groups is 1. The molecular formula is C11H14BrNS. The lowest BCUT2D eigenvalue weighted by atomic mass is 10.2. The van der Waals surface area contributed by atoms with Crippen LogP contribution in [-0.4, -0.2) is 17.0 Å². The highest BCUT2D eigenvalue weighted by atomic mass is 79.9. The highest BCUT2D eigenvalue weighted by Crippen LogP contribution is 2.30. The second-order valence-corrected chi connectivity index (χ2v) is 6.03. The van der Waals surface area contributed by atoms with Gasteiger partial charge in [0.15, 0.2) is 0 Å². The second-order valence-electron chi connectivity index (χ2n) is 3.70. The molecule has 1 aromatic carbocycles. The van der Waals surface area contributed by atoms with Gasteiger partial charge in [0.1, 0.15) is 0 Å². The minimum absolute atomic E-state index is 0.633. The van der Waals surface area contributed by atoms with Gasteiger partial charge in [0.05, 0.1) is 0 Å². The molecule has 1 aromatic rings. The summed E-state index contributed by atoms with van der Waals surface area (Å²) in [5.74, 6) is 1.22. The lowest BCUT2D eigenvalue weighted by Gasteiger charge is -2.14. The van der Waals surface area contributed by atoms with Gasteiger partial charge in [-0.15, -0.1) is 0 Å². The molecule has 0 saturated carbocycles. The largest absolute Gasteiger partial charge is 0.381 e. The van der Waals surface area contributed by atoms with Gasteiger partial charge in [0.2, 0.25) is 0 Å². The molecule has 14 heavy (non-hydrogen) atoms. The third-order valence-electron chi connectivity index (χ3n) is 2.43. The van der Waals surface area contributed by atoms with E-state index in [4.69, 9.17) is 0 Å². The van der Waals surface area contributed by atoms with Crippen LogP contribution in [0.25, 0.3) is 0 Å². The zero-order chi connectivity index (χ0) is 9.97. The van der Waals surface area contributed by atoms with Gasteiger partial charge in [-0.25, -0.2) is 0 Å². The van der Waals surface area contributed by atoms with Crippen molar-refractivity contribution in [3.63, 3.8) is 0 Å². The third-order valence-corrected chi connectivity index (χ3v) is 4.48. The third kappa shape index (κ3) is 2.45. The van der Waals surface area contributed by atoms with Crippen LogP contribution >= 0.6 is 27.7 Å². The summed E-state index contributed by atoms with van der Waals surface area (Å²) in [6.45, 7) is 2.30. The van der Waals surface area contributed by atoms with Crippen molar-refractivity contribution in [1.82, 2.24) is 0 Å². The fourth-order valence-corrected chi connectivity index (χ4v) is 3.26. The van der Waals surface area contributed by atoms with E-state index >= 15 is 0 Å². The number of nitrogens with one attached hydrogen (secondary N) is 1. The highest BCUT2D eigenvalue weighted by Gasteiger charge is 2.21. The maximum Gasteiger partial charge on any atom is 0.0487 e. The van der Waals surface area contributed by atoms with Crippen LogP contribution < -0.4 is 5.32 Å². The Hall–Kier alpha value is -0.150. The van der Waals surface area contributed by atoms with Gasteiger partial charge in [0, 0.05) is 27.2 Å². The molecule has 3 heteroatoms. The van der Waals surface area contributed by atoms with E-state index in [1.807, 2.05) is 6.07 Å². The quantitative estimate of drug-likeness (QED) is 0.879. The predicted octanol–water partition coefficient (Wildman–Crippen LogP) is 3.76. The van der Waals surface area contributed by atoms with E-state index in [0.29, 0.717) is 6.04 Å². The fraction of sp³-hybridized carbons (Fsp3) is 0.455. The molecule has 1 saturated heterocycles. The van der Waals surface area contributed by atoms with Crippen molar-refractivity contribution < 1.29 is 0 Å². The summed E-state index contributed by atoms with van der Waals surface area (Å²) in [7, 11) is 0. The molecule has 0 bridgehead atoms. The van der Waals surface area contributed by atoms with Gasteiger partial charge in [-0.3, -0.25) is 0 Å². The van der Waals surface area contributed by atoms with Crippen molar-refractivity contribution in [3.05, 3.63) is 28.7 Å². The van der Waals surface area contributed by atoms with Crippen molar-refractivity contribution in [1.29, 1.82) is 0 Å². The first-order chi connectivity index (χ1) is 6.75. The molecule has 1 aliphatic heterocycles. The molecule has 1 N–H and O–H groups in total. The number of halogens is 1. The minimum atomic E-state index is 0.633. The maximum absolute atomic E-state index is 3.57. The van der Waals surface area contributed by atoms with Crippen molar-refractivity contribution in [2.75, 3.05) is 11.1 Å². The Bertz CT molecular complexity index is 316. The van der Waals surface area contributed by atoms with Gasteiger partial charge < -0.3 is 5.32 Å². The summed E-state index contributed by atoms with van der Waals surface area (Å²) in [4.78, 5) is 0. The second kappa shape index (κ2) is 4.58. The van der Waals surface area contributed by atoms with E-state index in [9.17, 15) is 0 Å². The van der Waals surface area contributed by atoms with Crippen molar-refractivity contribution in [2.24, 2.45) is 0 Å². The van der Waals surface area contributed by atoms with E-state index in [-0.39, 0.29) is 0 Å². The number of benzene rings is 1. The summed E-state index contributed by atoms with van der Waals surface area (Å²) in [5, 5.41) is 4.37. The summed E-state index contributed by atoms with van der Waals surface area (Å²) >= 11 is 5.60. The van der Waals surface area contributed by atoms with Gasteiger partial charge in [-0.2, -0.15) is 11.8 Å². The summed E-state index contributed by atoms with van der Waals surface area (Å²) in [6, 6.07) is 8.94. The number of hydrogen-bond acceptors (Lipinski definition) is 2. The number of rotatable bonds is 2. The van der Waals surface area contributed by atoms with Gasteiger partial charge in [0.25, 0.3) is 0 Å². The molecule has 2 atom stereocenters. The summed E-state index contributed by atoms with van der Waals surface area (Å²) in [5.41, 5.74) is 1.22. The van der Waals surface area contributed by atoms with Gasteiger partial charge >= 0.3 is 0 Å². The van der Waals surface area contributed by atoms with E-state index in [1.54, 1.807) is 0 Å².